The number of aliphatic hydroxyl groups is 2. The molecule has 0 aromatic carbocycles. The van der Waals surface area contributed by atoms with Crippen molar-refractivity contribution in [3.05, 3.63) is 0 Å². The van der Waals surface area contributed by atoms with E-state index in [-0.39, 0.29) is 24.4 Å². The highest BCUT2D eigenvalue weighted by Crippen LogP contribution is 2.17. The van der Waals surface area contributed by atoms with Crippen molar-refractivity contribution in [1.82, 2.24) is 4.90 Å². The first kappa shape index (κ1) is 25.1. The largest absolute Gasteiger partial charge is 0.481 e. The van der Waals surface area contributed by atoms with Crippen LogP contribution < -0.4 is 11.5 Å². The van der Waals surface area contributed by atoms with Crippen molar-refractivity contribution in [2.75, 3.05) is 20.2 Å². The Morgan fingerprint density at radius 3 is 2.04 bits per heavy atom. The van der Waals surface area contributed by atoms with E-state index in [1.165, 1.54) is 18.9 Å². The number of aliphatic carboxylic acids is 1. The smallest absolute Gasteiger partial charge is 0.309 e. The van der Waals surface area contributed by atoms with E-state index < -0.39 is 60.5 Å². The van der Waals surface area contributed by atoms with Crippen LogP contribution >= 0.6 is 12.2 Å². The van der Waals surface area contributed by atoms with Crippen LogP contribution in [0.25, 0.3) is 0 Å². The molecule has 27 heavy (non-hydrogen) atoms. The Kier molecular flexibility index (Phi) is 10.9. The Morgan fingerprint density at radius 2 is 1.63 bits per heavy atom. The van der Waals surface area contributed by atoms with Crippen LogP contribution in [0, 0.1) is 11.8 Å². The molecule has 0 radical (unpaired) electrons. The standard InChI is InChI=1S/C16H27N3O7S/c1-8(21)14(18)12(23)6-19(2)15(27)9(5-13(17)24)3-11(22)4-10(7-20)16(25)26/h8-10,14,20-21H,3-7,18H2,1-2H3,(H2,17,24)(H,25,26)/t8?,9-,10-,14-/m1/s1. The van der Waals surface area contributed by atoms with Gasteiger partial charge in [0.2, 0.25) is 5.91 Å². The van der Waals surface area contributed by atoms with Gasteiger partial charge in [0.25, 0.3) is 0 Å². The van der Waals surface area contributed by atoms with E-state index in [1.54, 1.807) is 0 Å². The summed E-state index contributed by atoms with van der Waals surface area (Å²) in [6.07, 6.45) is -1.98. The molecule has 0 aromatic heterocycles. The minimum atomic E-state index is -1.31. The highest BCUT2D eigenvalue weighted by molar-refractivity contribution is 7.80. The Bertz CT molecular complexity index is 582. The van der Waals surface area contributed by atoms with Gasteiger partial charge in [0.05, 0.1) is 36.2 Å². The molecule has 0 rings (SSSR count). The zero-order chi connectivity index (χ0) is 21.3. The number of nitrogens with two attached hydrogens (primary N) is 2. The van der Waals surface area contributed by atoms with E-state index >= 15 is 0 Å². The molecule has 154 valence electrons. The number of hydrogen-bond donors (Lipinski definition) is 5. The molecule has 1 unspecified atom stereocenters. The number of carboxylic acid groups (broad SMARTS) is 1. The maximum absolute atomic E-state index is 12.1. The minimum Gasteiger partial charge on any atom is -0.481 e. The molecular weight excluding hydrogens is 378 g/mol. The summed E-state index contributed by atoms with van der Waals surface area (Å²) in [5.74, 6) is -5.07. The van der Waals surface area contributed by atoms with Crippen molar-refractivity contribution in [1.29, 1.82) is 0 Å². The molecule has 0 aliphatic carbocycles. The number of amides is 1. The summed E-state index contributed by atoms with van der Waals surface area (Å²) >= 11 is 5.24. The second-order valence-corrected chi connectivity index (χ2v) is 6.88. The summed E-state index contributed by atoms with van der Waals surface area (Å²) in [4.78, 5) is 47.8. The maximum Gasteiger partial charge on any atom is 0.309 e. The molecule has 11 heteroatoms. The van der Waals surface area contributed by atoms with Crippen molar-refractivity contribution in [3.63, 3.8) is 0 Å². The summed E-state index contributed by atoms with van der Waals surface area (Å²) < 4.78 is 0. The van der Waals surface area contributed by atoms with Crippen molar-refractivity contribution >= 4 is 40.6 Å². The first-order valence-electron chi connectivity index (χ1n) is 8.25. The molecular formula is C16H27N3O7S. The van der Waals surface area contributed by atoms with E-state index in [0.717, 1.165) is 0 Å². The zero-order valence-corrected chi connectivity index (χ0v) is 16.1. The van der Waals surface area contributed by atoms with Crippen LogP contribution in [0.3, 0.4) is 0 Å². The third-order valence-electron chi connectivity index (χ3n) is 3.98. The molecule has 4 atom stereocenters. The summed E-state index contributed by atoms with van der Waals surface area (Å²) in [5.41, 5.74) is 10.8. The van der Waals surface area contributed by atoms with Gasteiger partial charge in [0, 0.05) is 32.2 Å². The normalized spacial score (nSPS) is 15.3. The fourth-order valence-electron chi connectivity index (χ4n) is 2.35. The number of rotatable bonds is 13. The molecule has 0 saturated carbocycles. The van der Waals surface area contributed by atoms with Gasteiger partial charge in [0.15, 0.2) is 5.78 Å². The number of Topliss-reactive ketones (excluding diaryl/α,β-unsaturated/α-hetero) is 2. The van der Waals surface area contributed by atoms with E-state index in [4.69, 9.17) is 33.9 Å². The number of likely N-dealkylation sites (N-methyl/N-ethyl adjacent to an activating group) is 1. The topological polar surface area (TPSA) is 184 Å². The van der Waals surface area contributed by atoms with Crippen LogP contribution in [0.4, 0.5) is 0 Å². The maximum atomic E-state index is 12.1. The van der Waals surface area contributed by atoms with E-state index in [9.17, 15) is 24.3 Å². The number of nitrogens with zero attached hydrogens (tertiary/aromatic N) is 1. The molecule has 1 amide bonds. The molecule has 10 nitrogen and oxygen atoms in total. The molecule has 7 N–H and O–H groups in total. The van der Waals surface area contributed by atoms with Gasteiger partial charge in [-0.2, -0.15) is 0 Å². The Labute approximate surface area is 162 Å². The lowest BCUT2D eigenvalue weighted by molar-refractivity contribution is -0.145. The van der Waals surface area contributed by atoms with Gasteiger partial charge in [-0.3, -0.25) is 19.2 Å². The van der Waals surface area contributed by atoms with Crippen molar-refractivity contribution < 1.29 is 34.5 Å². The predicted molar refractivity (Wildman–Crippen MR) is 99.6 cm³/mol. The second kappa shape index (κ2) is 11.7. The fraction of sp³-hybridized carbons (Fsp3) is 0.688. The minimum absolute atomic E-state index is 0.115. The molecule has 0 aromatic rings. The number of carbonyl (C=O) groups is 4. The number of thiocarbonyl (C=S) groups is 1. The highest BCUT2D eigenvalue weighted by atomic mass is 32.1. The van der Waals surface area contributed by atoms with Crippen LogP contribution in [-0.4, -0.2) is 81.0 Å². The van der Waals surface area contributed by atoms with Crippen LogP contribution in [0.2, 0.25) is 0 Å². The van der Waals surface area contributed by atoms with Crippen LogP contribution in [0.15, 0.2) is 0 Å². The predicted octanol–water partition coefficient (Wildman–Crippen LogP) is -1.94. The summed E-state index contributed by atoms with van der Waals surface area (Å²) in [6, 6.07) is -1.10. The van der Waals surface area contributed by atoms with Gasteiger partial charge < -0.3 is 31.7 Å². The van der Waals surface area contributed by atoms with Crippen molar-refractivity contribution in [3.8, 4) is 0 Å². The lowest BCUT2D eigenvalue weighted by atomic mass is 9.92. The average Bonchev–Trinajstić information content (AvgIpc) is 2.56. The van der Waals surface area contributed by atoms with Gasteiger partial charge in [-0.1, -0.05) is 12.2 Å². The molecule has 0 fully saturated rings. The average molecular weight is 405 g/mol. The number of ketones is 2. The molecule has 0 aliphatic heterocycles. The molecule has 0 spiro atoms. The van der Waals surface area contributed by atoms with Crippen molar-refractivity contribution in [2.45, 2.75) is 38.3 Å². The Hall–Kier alpha value is -1.95. The number of hydrogen-bond acceptors (Lipinski definition) is 8. The molecule has 0 heterocycles. The summed E-state index contributed by atoms with van der Waals surface area (Å²) in [6.45, 7) is 0.440. The van der Waals surface area contributed by atoms with Crippen LogP contribution in [-0.2, 0) is 19.2 Å². The second-order valence-electron chi connectivity index (χ2n) is 6.46. The molecule has 0 bridgehead atoms. The molecule has 0 saturated heterocycles. The summed E-state index contributed by atoms with van der Waals surface area (Å²) in [7, 11) is 1.47. The Balaban J connectivity index is 5.08. The van der Waals surface area contributed by atoms with Gasteiger partial charge in [-0.25, -0.2) is 0 Å². The van der Waals surface area contributed by atoms with Gasteiger partial charge in [-0.05, 0) is 6.92 Å². The summed E-state index contributed by atoms with van der Waals surface area (Å²) in [5, 5.41) is 27.3. The van der Waals surface area contributed by atoms with Gasteiger partial charge in [0.1, 0.15) is 5.78 Å². The third kappa shape index (κ3) is 9.00. The first-order valence-corrected chi connectivity index (χ1v) is 8.66. The Morgan fingerprint density at radius 1 is 1.11 bits per heavy atom. The van der Waals surface area contributed by atoms with E-state index in [1.807, 2.05) is 0 Å². The van der Waals surface area contributed by atoms with Crippen molar-refractivity contribution in [2.24, 2.45) is 23.3 Å². The lowest BCUT2D eigenvalue weighted by Crippen LogP contribution is -2.47. The zero-order valence-electron chi connectivity index (χ0n) is 15.3. The number of carboxylic acids is 1. The van der Waals surface area contributed by atoms with E-state index in [0.29, 0.717) is 0 Å². The third-order valence-corrected chi connectivity index (χ3v) is 4.62. The number of primary amides is 1. The van der Waals surface area contributed by atoms with E-state index in [2.05, 4.69) is 0 Å². The number of carbonyl (C=O) groups excluding carboxylic acids is 3. The number of aliphatic hydroxyl groups excluding tert-OH is 2. The first-order chi connectivity index (χ1) is 12.4. The SMILES string of the molecule is CC(O)[C@@H](N)C(=O)CN(C)C(=S)[C@@H](CC(N)=O)CC(=O)C[C@H](CO)C(=O)O. The van der Waals surface area contributed by atoms with Crippen LogP contribution in [0.1, 0.15) is 26.2 Å². The lowest BCUT2D eigenvalue weighted by Gasteiger charge is -2.27. The fourth-order valence-corrected chi connectivity index (χ4v) is 2.58. The molecule has 0 aliphatic rings. The van der Waals surface area contributed by atoms with Gasteiger partial charge in [-0.15, -0.1) is 0 Å². The monoisotopic (exact) mass is 405 g/mol. The highest BCUT2D eigenvalue weighted by Gasteiger charge is 2.28. The quantitative estimate of drug-likeness (QED) is 0.216. The van der Waals surface area contributed by atoms with Crippen LogP contribution in [0.5, 0.6) is 0 Å². The van der Waals surface area contributed by atoms with Gasteiger partial charge >= 0.3 is 5.97 Å².